The number of nitrogens with zero attached hydrogens (tertiary/aromatic N) is 2. The number of carbonyl (C=O) groups excluding carboxylic acids is 1. The van der Waals surface area contributed by atoms with E-state index in [4.69, 9.17) is 4.74 Å². The summed E-state index contributed by atoms with van der Waals surface area (Å²) in [4.78, 5) is 19.1. The van der Waals surface area contributed by atoms with Gasteiger partial charge in [-0.2, -0.15) is 0 Å². The van der Waals surface area contributed by atoms with Crippen LogP contribution in [0.25, 0.3) is 6.08 Å². The van der Waals surface area contributed by atoms with Gasteiger partial charge in [-0.15, -0.1) is 6.58 Å². The van der Waals surface area contributed by atoms with E-state index in [2.05, 4.69) is 11.6 Å². The zero-order chi connectivity index (χ0) is 20.8. The van der Waals surface area contributed by atoms with E-state index < -0.39 is 0 Å². The summed E-state index contributed by atoms with van der Waals surface area (Å²) in [5, 5.41) is 0. The van der Waals surface area contributed by atoms with E-state index in [9.17, 15) is 4.79 Å². The second-order valence-electron chi connectivity index (χ2n) is 6.88. The van der Waals surface area contributed by atoms with Crippen molar-refractivity contribution in [1.29, 1.82) is 0 Å². The molecule has 0 spiro atoms. The van der Waals surface area contributed by atoms with Crippen molar-refractivity contribution in [3.8, 4) is 5.75 Å². The van der Waals surface area contributed by atoms with Crippen LogP contribution < -0.4 is 4.74 Å². The number of benzene rings is 3. The van der Waals surface area contributed by atoms with Crippen LogP contribution in [0.4, 0.5) is 0 Å². The number of amidine groups is 1. The summed E-state index contributed by atoms with van der Waals surface area (Å²) in [7, 11) is 0. The second kappa shape index (κ2) is 9.05. The Bertz CT molecular complexity index is 1080. The molecule has 0 fully saturated rings. The molecule has 1 heterocycles. The number of rotatable bonds is 7. The predicted molar refractivity (Wildman–Crippen MR) is 120 cm³/mol. The predicted octanol–water partition coefficient (Wildman–Crippen LogP) is 5.08. The van der Waals surface area contributed by atoms with Gasteiger partial charge in [0, 0.05) is 12.1 Å². The Kier molecular flexibility index (Phi) is 5.85. The van der Waals surface area contributed by atoms with Crippen molar-refractivity contribution in [3.05, 3.63) is 120 Å². The highest BCUT2D eigenvalue weighted by Crippen LogP contribution is 2.23. The summed E-state index contributed by atoms with van der Waals surface area (Å²) in [5.41, 5.74) is 3.32. The average molecular weight is 394 g/mol. The highest BCUT2D eigenvalue weighted by atomic mass is 16.5. The first-order valence-electron chi connectivity index (χ1n) is 9.80. The molecule has 3 aromatic carbocycles. The molecule has 4 heteroatoms. The summed E-state index contributed by atoms with van der Waals surface area (Å²) in [6.45, 7) is 4.69. The molecule has 4 rings (SSSR count). The Labute approximate surface area is 176 Å². The maximum atomic E-state index is 12.9. The molecule has 0 bridgehead atoms. The number of ether oxygens (including phenoxy) is 1. The molecule has 0 saturated heterocycles. The highest BCUT2D eigenvalue weighted by molar-refractivity contribution is 6.19. The lowest BCUT2D eigenvalue weighted by Gasteiger charge is -2.15. The van der Waals surface area contributed by atoms with Gasteiger partial charge in [-0.1, -0.05) is 78.9 Å². The molecule has 1 aliphatic heterocycles. The monoisotopic (exact) mass is 394 g/mol. The minimum Gasteiger partial charge on any atom is -0.489 e. The second-order valence-corrected chi connectivity index (χ2v) is 6.88. The van der Waals surface area contributed by atoms with E-state index in [0.29, 0.717) is 24.7 Å². The fourth-order valence-electron chi connectivity index (χ4n) is 3.22. The van der Waals surface area contributed by atoms with Crippen LogP contribution in [0.1, 0.15) is 16.7 Å². The Balaban J connectivity index is 1.52. The van der Waals surface area contributed by atoms with Crippen molar-refractivity contribution in [2.24, 2.45) is 4.99 Å². The third kappa shape index (κ3) is 4.39. The van der Waals surface area contributed by atoms with Crippen LogP contribution >= 0.6 is 0 Å². The molecule has 30 heavy (non-hydrogen) atoms. The van der Waals surface area contributed by atoms with E-state index in [-0.39, 0.29) is 5.91 Å². The fourth-order valence-corrected chi connectivity index (χ4v) is 3.22. The van der Waals surface area contributed by atoms with Gasteiger partial charge < -0.3 is 4.74 Å². The number of aliphatic imine (C=N–C) groups is 1. The molecule has 0 saturated carbocycles. The number of hydrogen-bond donors (Lipinski definition) is 0. The molecular formula is C26H22N2O2. The first-order chi connectivity index (χ1) is 14.7. The summed E-state index contributed by atoms with van der Waals surface area (Å²) in [6, 6.07) is 27.4. The molecule has 3 aromatic rings. The molecule has 0 N–H and O–H groups in total. The molecule has 4 nitrogen and oxygen atoms in total. The van der Waals surface area contributed by atoms with E-state index >= 15 is 0 Å². The first kappa shape index (κ1) is 19.4. The van der Waals surface area contributed by atoms with Crippen LogP contribution in [0.2, 0.25) is 0 Å². The van der Waals surface area contributed by atoms with E-state index in [0.717, 1.165) is 22.4 Å². The van der Waals surface area contributed by atoms with E-state index in [1.807, 2.05) is 84.9 Å². The Morgan fingerprint density at radius 3 is 2.23 bits per heavy atom. The number of hydrogen-bond acceptors (Lipinski definition) is 3. The van der Waals surface area contributed by atoms with Crippen molar-refractivity contribution in [2.45, 2.75) is 6.61 Å². The lowest BCUT2D eigenvalue weighted by molar-refractivity contribution is -0.122. The molecule has 1 aliphatic rings. The van der Waals surface area contributed by atoms with Crippen LogP contribution in [0, 0.1) is 0 Å². The van der Waals surface area contributed by atoms with Gasteiger partial charge in [0.15, 0.2) is 0 Å². The quantitative estimate of drug-likeness (QED) is 0.414. The molecule has 0 aliphatic carbocycles. The van der Waals surface area contributed by atoms with Gasteiger partial charge in [0.05, 0.1) is 0 Å². The molecule has 0 atom stereocenters. The summed E-state index contributed by atoms with van der Waals surface area (Å²) in [5.74, 6) is 1.30. The van der Waals surface area contributed by atoms with Crippen LogP contribution in [0.3, 0.4) is 0 Å². The van der Waals surface area contributed by atoms with Gasteiger partial charge in [0.1, 0.15) is 23.9 Å². The topological polar surface area (TPSA) is 41.9 Å². The molecule has 148 valence electrons. The maximum Gasteiger partial charge on any atom is 0.278 e. The van der Waals surface area contributed by atoms with Gasteiger partial charge in [-0.05, 0) is 29.3 Å². The van der Waals surface area contributed by atoms with Crippen LogP contribution in [-0.2, 0) is 11.4 Å². The lowest BCUT2D eigenvalue weighted by Crippen LogP contribution is -2.32. The van der Waals surface area contributed by atoms with Crippen LogP contribution in [0.5, 0.6) is 5.75 Å². The number of amides is 1. The lowest BCUT2D eigenvalue weighted by atomic mass is 10.2. The average Bonchev–Trinajstić information content (AvgIpc) is 3.10. The fraction of sp³-hybridized carbons (Fsp3) is 0.0769. The molecular weight excluding hydrogens is 372 g/mol. The highest BCUT2D eigenvalue weighted by Gasteiger charge is 2.29. The van der Waals surface area contributed by atoms with Crippen LogP contribution in [0.15, 0.2) is 108 Å². The first-order valence-corrected chi connectivity index (χ1v) is 9.80. The Hall–Kier alpha value is -3.92. The van der Waals surface area contributed by atoms with Crippen molar-refractivity contribution >= 4 is 17.8 Å². The Morgan fingerprint density at radius 1 is 0.900 bits per heavy atom. The van der Waals surface area contributed by atoms with Crippen molar-refractivity contribution in [2.75, 3.05) is 6.54 Å². The summed E-state index contributed by atoms with van der Waals surface area (Å²) >= 11 is 0. The van der Waals surface area contributed by atoms with Crippen LogP contribution in [-0.4, -0.2) is 23.2 Å². The van der Waals surface area contributed by atoms with Crippen molar-refractivity contribution in [3.63, 3.8) is 0 Å². The number of carbonyl (C=O) groups is 1. The standard InChI is InChI=1S/C26H22N2O2/c1-2-17-28-25(22-11-7-4-8-12-22)27-24(26(28)29)18-20-13-15-23(16-14-20)30-19-21-9-5-3-6-10-21/h2-16,18H,1,17,19H2. The summed E-state index contributed by atoms with van der Waals surface area (Å²) in [6.07, 6.45) is 3.51. The minimum atomic E-state index is -0.127. The zero-order valence-electron chi connectivity index (χ0n) is 16.6. The van der Waals surface area contributed by atoms with Gasteiger partial charge >= 0.3 is 0 Å². The van der Waals surface area contributed by atoms with E-state index in [1.165, 1.54) is 0 Å². The zero-order valence-corrected chi connectivity index (χ0v) is 16.6. The van der Waals surface area contributed by atoms with Gasteiger partial charge in [0.25, 0.3) is 5.91 Å². The van der Waals surface area contributed by atoms with Gasteiger partial charge in [-0.25, -0.2) is 4.99 Å². The third-order valence-corrected chi connectivity index (χ3v) is 4.72. The Morgan fingerprint density at radius 2 is 1.57 bits per heavy atom. The molecule has 1 amide bonds. The normalized spacial score (nSPS) is 14.7. The van der Waals surface area contributed by atoms with E-state index in [1.54, 1.807) is 17.1 Å². The molecule has 0 radical (unpaired) electrons. The SMILES string of the molecule is C=CCN1C(=O)C(=Cc2ccc(OCc3ccccc3)cc2)N=C1c1ccccc1. The van der Waals surface area contributed by atoms with Gasteiger partial charge in [-0.3, -0.25) is 9.69 Å². The smallest absolute Gasteiger partial charge is 0.278 e. The largest absolute Gasteiger partial charge is 0.489 e. The maximum absolute atomic E-state index is 12.9. The van der Waals surface area contributed by atoms with Crippen molar-refractivity contribution < 1.29 is 9.53 Å². The van der Waals surface area contributed by atoms with Gasteiger partial charge in [0.2, 0.25) is 0 Å². The minimum absolute atomic E-state index is 0.127. The molecule has 0 unspecified atom stereocenters. The third-order valence-electron chi connectivity index (χ3n) is 4.72. The molecule has 0 aromatic heterocycles. The summed E-state index contributed by atoms with van der Waals surface area (Å²) < 4.78 is 5.83. The van der Waals surface area contributed by atoms with Crippen molar-refractivity contribution in [1.82, 2.24) is 4.90 Å².